The quantitative estimate of drug-likeness (QED) is 0.535. The van der Waals surface area contributed by atoms with Gasteiger partial charge in [-0.05, 0) is 48.4 Å². The van der Waals surface area contributed by atoms with Crippen LogP contribution in [0.5, 0.6) is 0 Å². The molecule has 6 heteroatoms. The van der Waals surface area contributed by atoms with Crippen molar-refractivity contribution < 1.29 is 9.59 Å². The van der Waals surface area contributed by atoms with Gasteiger partial charge >= 0.3 is 0 Å². The van der Waals surface area contributed by atoms with Gasteiger partial charge in [0.1, 0.15) is 0 Å². The second kappa shape index (κ2) is 7.98. The summed E-state index contributed by atoms with van der Waals surface area (Å²) in [6, 6.07) is 22.2. The zero-order chi connectivity index (χ0) is 20.2. The number of anilines is 2. The first-order chi connectivity index (χ1) is 14.2. The molecule has 6 nitrogen and oxygen atoms in total. The van der Waals surface area contributed by atoms with Crippen LogP contribution in [0.4, 0.5) is 11.4 Å². The molecule has 0 aliphatic rings. The third-order valence-corrected chi connectivity index (χ3v) is 4.62. The predicted octanol–water partition coefficient (Wildman–Crippen LogP) is 4.40. The van der Waals surface area contributed by atoms with Crippen molar-refractivity contribution in [2.75, 3.05) is 10.6 Å². The van der Waals surface area contributed by atoms with E-state index in [2.05, 4.69) is 22.5 Å². The van der Waals surface area contributed by atoms with Crippen LogP contribution >= 0.6 is 0 Å². The van der Waals surface area contributed by atoms with Crippen LogP contribution in [0.25, 0.3) is 5.52 Å². The lowest BCUT2D eigenvalue weighted by atomic mass is 10.1. The van der Waals surface area contributed by atoms with Gasteiger partial charge in [0, 0.05) is 17.6 Å². The Morgan fingerprint density at radius 2 is 1.48 bits per heavy atom. The van der Waals surface area contributed by atoms with Gasteiger partial charge in [0.25, 0.3) is 11.8 Å². The molecule has 0 bridgehead atoms. The van der Waals surface area contributed by atoms with Crippen LogP contribution in [0.3, 0.4) is 0 Å². The molecule has 2 amide bonds. The summed E-state index contributed by atoms with van der Waals surface area (Å²) in [5.41, 5.74) is 3.29. The maximum Gasteiger partial charge on any atom is 0.292 e. The van der Waals surface area contributed by atoms with Gasteiger partial charge in [-0.25, -0.2) is 4.98 Å². The number of hydrogen-bond acceptors (Lipinski definition) is 3. The van der Waals surface area contributed by atoms with Crippen LogP contribution in [-0.4, -0.2) is 21.2 Å². The highest BCUT2D eigenvalue weighted by Crippen LogP contribution is 2.18. The van der Waals surface area contributed by atoms with Gasteiger partial charge in [-0.2, -0.15) is 0 Å². The van der Waals surface area contributed by atoms with Gasteiger partial charge in [0.2, 0.25) is 5.82 Å². The van der Waals surface area contributed by atoms with Crippen molar-refractivity contribution in [3.8, 4) is 0 Å². The zero-order valence-electron chi connectivity index (χ0n) is 15.9. The van der Waals surface area contributed by atoms with E-state index in [9.17, 15) is 9.59 Å². The Morgan fingerprint density at radius 3 is 2.21 bits per heavy atom. The van der Waals surface area contributed by atoms with Crippen LogP contribution < -0.4 is 10.6 Å². The highest BCUT2D eigenvalue weighted by atomic mass is 16.2. The second-order valence-electron chi connectivity index (χ2n) is 6.56. The number of aromatic nitrogens is 2. The molecule has 2 heterocycles. The number of nitrogens with zero attached hydrogens (tertiary/aromatic N) is 2. The monoisotopic (exact) mass is 384 g/mol. The Kier molecular flexibility index (Phi) is 5.07. The summed E-state index contributed by atoms with van der Waals surface area (Å²) in [6.07, 6.45) is 2.65. The minimum atomic E-state index is -0.385. The molecule has 0 spiro atoms. The molecular formula is C23H20N4O2. The van der Waals surface area contributed by atoms with Gasteiger partial charge in [0.15, 0.2) is 5.69 Å². The standard InChI is InChI=1S/C23H20N4O2/c1-2-16-11-13-18(14-12-16)24-22(28)20-19-10-6-7-15-27(19)21(26-20)23(29)25-17-8-4-3-5-9-17/h3-15H,2H2,1H3,(H,24,28)(H,25,29). The first kappa shape index (κ1) is 18.4. The van der Waals surface area contributed by atoms with Crippen molar-refractivity contribution in [1.29, 1.82) is 0 Å². The van der Waals surface area contributed by atoms with Gasteiger partial charge in [-0.1, -0.05) is 43.3 Å². The van der Waals surface area contributed by atoms with Crippen LogP contribution in [-0.2, 0) is 6.42 Å². The number of amides is 2. The predicted molar refractivity (Wildman–Crippen MR) is 113 cm³/mol. The van der Waals surface area contributed by atoms with Crippen molar-refractivity contribution in [1.82, 2.24) is 9.38 Å². The van der Waals surface area contributed by atoms with E-state index in [-0.39, 0.29) is 23.3 Å². The van der Waals surface area contributed by atoms with Crippen LogP contribution in [0.1, 0.15) is 33.6 Å². The zero-order valence-corrected chi connectivity index (χ0v) is 15.9. The lowest BCUT2D eigenvalue weighted by molar-refractivity contribution is 0.101. The highest BCUT2D eigenvalue weighted by Gasteiger charge is 2.21. The number of aryl methyl sites for hydroxylation is 1. The van der Waals surface area contributed by atoms with E-state index in [1.54, 1.807) is 34.9 Å². The maximum atomic E-state index is 12.9. The number of pyridine rings is 1. The summed E-state index contributed by atoms with van der Waals surface area (Å²) in [5.74, 6) is -0.601. The maximum absolute atomic E-state index is 12.9. The molecular weight excluding hydrogens is 364 g/mol. The molecule has 0 fully saturated rings. The number of rotatable bonds is 5. The number of hydrogen-bond donors (Lipinski definition) is 2. The number of para-hydroxylation sites is 1. The fourth-order valence-corrected chi connectivity index (χ4v) is 3.09. The van der Waals surface area contributed by atoms with Gasteiger partial charge in [0.05, 0.1) is 5.52 Å². The molecule has 0 unspecified atom stereocenters. The van der Waals surface area contributed by atoms with E-state index in [1.807, 2.05) is 48.5 Å². The molecule has 0 aliphatic carbocycles. The Hall–Kier alpha value is -3.93. The normalized spacial score (nSPS) is 10.7. The van der Waals surface area contributed by atoms with E-state index in [1.165, 1.54) is 5.56 Å². The average Bonchev–Trinajstić information content (AvgIpc) is 3.15. The molecule has 29 heavy (non-hydrogen) atoms. The summed E-state index contributed by atoms with van der Waals surface area (Å²) in [7, 11) is 0. The molecule has 4 rings (SSSR count). The number of carbonyl (C=O) groups excluding carboxylic acids is 2. The molecule has 4 aromatic rings. The van der Waals surface area contributed by atoms with E-state index in [0.29, 0.717) is 16.9 Å². The van der Waals surface area contributed by atoms with E-state index in [4.69, 9.17) is 0 Å². The Bertz CT molecular complexity index is 1160. The third-order valence-electron chi connectivity index (χ3n) is 4.62. The van der Waals surface area contributed by atoms with Crippen molar-refractivity contribution in [2.24, 2.45) is 0 Å². The second-order valence-corrected chi connectivity index (χ2v) is 6.56. The van der Waals surface area contributed by atoms with E-state index in [0.717, 1.165) is 6.42 Å². The summed E-state index contributed by atoms with van der Waals surface area (Å²) in [6.45, 7) is 2.08. The molecule has 0 aliphatic heterocycles. The Morgan fingerprint density at radius 1 is 0.828 bits per heavy atom. The largest absolute Gasteiger partial charge is 0.321 e. The molecule has 0 radical (unpaired) electrons. The Labute approximate surface area is 168 Å². The summed E-state index contributed by atoms with van der Waals surface area (Å²) >= 11 is 0. The topological polar surface area (TPSA) is 75.5 Å². The molecule has 2 aromatic carbocycles. The van der Waals surface area contributed by atoms with Crippen LogP contribution in [0.15, 0.2) is 79.0 Å². The van der Waals surface area contributed by atoms with Crippen molar-refractivity contribution >= 4 is 28.7 Å². The third kappa shape index (κ3) is 3.87. The highest BCUT2D eigenvalue weighted by molar-refractivity contribution is 6.10. The molecule has 144 valence electrons. The number of nitrogens with one attached hydrogen (secondary N) is 2. The van der Waals surface area contributed by atoms with E-state index < -0.39 is 0 Å². The molecule has 0 saturated carbocycles. The fourth-order valence-electron chi connectivity index (χ4n) is 3.09. The minimum Gasteiger partial charge on any atom is -0.321 e. The number of imidazole rings is 1. The van der Waals surface area contributed by atoms with Gasteiger partial charge < -0.3 is 10.6 Å². The first-order valence-electron chi connectivity index (χ1n) is 9.39. The minimum absolute atomic E-state index is 0.149. The van der Waals surface area contributed by atoms with Crippen molar-refractivity contribution in [3.63, 3.8) is 0 Å². The molecule has 2 N–H and O–H groups in total. The number of carbonyl (C=O) groups is 2. The lowest BCUT2D eigenvalue weighted by Gasteiger charge is -2.04. The van der Waals surface area contributed by atoms with E-state index >= 15 is 0 Å². The van der Waals surface area contributed by atoms with Crippen LogP contribution in [0, 0.1) is 0 Å². The smallest absolute Gasteiger partial charge is 0.292 e. The average molecular weight is 384 g/mol. The number of benzene rings is 2. The molecule has 0 saturated heterocycles. The van der Waals surface area contributed by atoms with Crippen LogP contribution in [0.2, 0.25) is 0 Å². The SMILES string of the molecule is CCc1ccc(NC(=O)c2nc(C(=O)Nc3ccccc3)n3ccccc23)cc1. The van der Waals surface area contributed by atoms with Gasteiger partial charge in [-0.3, -0.25) is 14.0 Å². The van der Waals surface area contributed by atoms with Crippen molar-refractivity contribution in [3.05, 3.63) is 96.1 Å². The Balaban J connectivity index is 1.64. The molecule has 0 atom stereocenters. The first-order valence-corrected chi connectivity index (χ1v) is 9.39. The summed E-state index contributed by atoms with van der Waals surface area (Å²) in [4.78, 5) is 30.0. The lowest BCUT2D eigenvalue weighted by Crippen LogP contribution is -2.16. The summed E-state index contributed by atoms with van der Waals surface area (Å²) in [5, 5.41) is 5.67. The molecule has 2 aromatic heterocycles. The fraction of sp³-hybridized carbons (Fsp3) is 0.0870. The van der Waals surface area contributed by atoms with Gasteiger partial charge in [-0.15, -0.1) is 0 Å². The van der Waals surface area contributed by atoms with Crippen molar-refractivity contribution in [2.45, 2.75) is 13.3 Å². The number of fused-ring (bicyclic) bond motifs is 1. The summed E-state index contributed by atoms with van der Waals surface area (Å²) < 4.78 is 1.62.